The fraction of sp³-hybridized carbons (Fsp3) is 0. The van der Waals surface area contributed by atoms with Gasteiger partial charge in [0.25, 0.3) is 0 Å². The summed E-state index contributed by atoms with van der Waals surface area (Å²) in [6.45, 7) is 3.63. The number of benzene rings is 2. The third-order valence-electron chi connectivity index (χ3n) is 2.41. The molecule has 0 aliphatic heterocycles. The van der Waals surface area contributed by atoms with Gasteiger partial charge in [-0.1, -0.05) is 55.1 Å². The summed E-state index contributed by atoms with van der Waals surface area (Å²) in [5.41, 5.74) is 2.21. The fourth-order valence-electron chi connectivity index (χ4n) is 1.49. The van der Waals surface area contributed by atoms with E-state index in [1.807, 2.05) is 60.7 Å². The van der Waals surface area contributed by atoms with Crippen LogP contribution in [0, 0.1) is 0 Å². The summed E-state index contributed by atoms with van der Waals surface area (Å²) in [4.78, 5) is 4.29. The van der Waals surface area contributed by atoms with Crippen molar-refractivity contribution in [2.24, 2.45) is 5.14 Å². The molecule has 3 rings (SSSR count). The molecule has 0 saturated heterocycles. The maximum atomic E-state index is 5.38. The number of nitrogens with two attached hydrogens (primary N) is 1. The lowest BCUT2D eigenvalue weighted by molar-refractivity contribution is 1.30. The van der Waals surface area contributed by atoms with Gasteiger partial charge in [-0.2, -0.15) is 0 Å². The standard InChI is InChI=1S/C8H8.C7H6N2S2/c1-2-8-6-4-3-5-7-8;8-11-7-9-5-3-1-2-4-6(5)10-7/h2-7H,1H2;1-4H,8H2. The van der Waals surface area contributed by atoms with Gasteiger partial charge in [0, 0.05) is 0 Å². The van der Waals surface area contributed by atoms with E-state index in [9.17, 15) is 0 Å². The zero-order chi connectivity index (χ0) is 13.5. The fourth-order valence-corrected chi connectivity index (χ4v) is 2.80. The summed E-state index contributed by atoms with van der Waals surface area (Å²) in [5.74, 6) is 0. The lowest BCUT2D eigenvalue weighted by Crippen LogP contribution is -1.75. The summed E-state index contributed by atoms with van der Waals surface area (Å²) >= 11 is 2.83. The van der Waals surface area contributed by atoms with Crippen LogP contribution in [0.1, 0.15) is 5.56 Å². The number of thiazole rings is 1. The minimum absolute atomic E-state index is 0.922. The van der Waals surface area contributed by atoms with Crippen LogP contribution in [-0.2, 0) is 0 Å². The van der Waals surface area contributed by atoms with E-state index in [2.05, 4.69) is 11.6 Å². The number of aromatic nitrogens is 1. The highest BCUT2D eigenvalue weighted by Gasteiger charge is 1.99. The van der Waals surface area contributed by atoms with Crippen molar-refractivity contribution >= 4 is 39.6 Å². The third-order valence-corrected chi connectivity index (χ3v) is 4.07. The Kier molecular flexibility index (Phi) is 5.15. The monoisotopic (exact) mass is 286 g/mol. The molecule has 2 aromatic carbocycles. The summed E-state index contributed by atoms with van der Waals surface area (Å²) in [6.07, 6.45) is 1.83. The Morgan fingerprint density at radius 3 is 2.32 bits per heavy atom. The molecule has 1 heterocycles. The summed E-state index contributed by atoms with van der Waals surface area (Å²) in [5, 5.41) is 5.38. The van der Waals surface area contributed by atoms with Gasteiger partial charge in [-0.3, -0.25) is 5.14 Å². The number of nitrogens with zero attached hydrogens (tertiary/aromatic N) is 1. The maximum absolute atomic E-state index is 5.38. The molecule has 19 heavy (non-hydrogen) atoms. The molecule has 2 nitrogen and oxygen atoms in total. The Hall–Kier alpha value is -1.62. The molecule has 3 aromatic rings. The molecule has 0 atom stereocenters. The third kappa shape index (κ3) is 3.92. The smallest absolute Gasteiger partial charge is 0.165 e. The lowest BCUT2D eigenvalue weighted by atomic mass is 10.2. The van der Waals surface area contributed by atoms with Gasteiger partial charge in [-0.05, 0) is 29.6 Å². The minimum Gasteiger partial charge on any atom is -0.272 e. The molecule has 0 saturated carbocycles. The number of hydrogen-bond acceptors (Lipinski definition) is 4. The van der Waals surface area contributed by atoms with Crippen molar-refractivity contribution in [3.8, 4) is 0 Å². The van der Waals surface area contributed by atoms with E-state index < -0.39 is 0 Å². The van der Waals surface area contributed by atoms with Crippen LogP contribution in [0.5, 0.6) is 0 Å². The molecule has 0 spiro atoms. The van der Waals surface area contributed by atoms with Gasteiger partial charge >= 0.3 is 0 Å². The van der Waals surface area contributed by atoms with Crippen LogP contribution in [0.2, 0.25) is 0 Å². The maximum Gasteiger partial charge on any atom is 0.165 e. The van der Waals surface area contributed by atoms with Crippen molar-refractivity contribution in [2.75, 3.05) is 0 Å². The molecule has 0 fully saturated rings. The lowest BCUT2D eigenvalue weighted by Gasteiger charge is -1.85. The van der Waals surface area contributed by atoms with Crippen LogP contribution in [0.25, 0.3) is 16.3 Å². The summed E-state index contributed by atoms with van der Waals surface area (Å²) in [7, 11) is 0. The molecule has 4 heteroatoms. The first-order valence-electron chi connectivity index (χ1n) is 5.73. The molecule has 0 aliphatic carbocycles. The zero-order valence-electron chi connectivity index (χ0n) is 10.3. The van der Waals surface area contributed by atoms with Crippen molar-refractivity contribution in [3.63, 3.8) is 0 Å². The van der Waals surface area contributed by atoms with Gasteiger partial charge in [-0.25, -0.2) is 4.98 Å². The number of rotatable bonds is 2. The minimum atomic E-state index is 0.922. The van der Waals surface area contributed by atoms with Crippen LogP contribution >= 0.6 is 23.3 Å². The van der Waals surface area contributed by atoms with Crippen LogP contribution in [0.15, 0.2) is 65.5 Å². The molecule has 96 valence electrons. The van der Waals surface area contributed by atoms with E-state index in [0.29, 0.717) is 0 Å². The molecule has 2 N–H and O–H groups in total. The SMILES string of the molecule is C=Cc1ccccc1.NSc1nc2ccccc2s1. The topological polar surface area (TPSA) is 38.9 Å². The predicted octanol–water partition coefficient (Wildman–Crippen LogP) is 4.59. The van der Waals surface area contributed by atoms with Crippen molar-refractivity contribution in [2.45, 2.75) is 4.34 Å². The van der Waals surface area contributed by atoms with Gasteiger partial charge in [-0.15, -0.1) is 11.3 Å². The number of para-hydroxylation sites is 1. The highest BCUT2D eigenvalue weighted by molar-refractivity contribution is 7.99. The molecule has 0 amide bonds. The van der Waals surface area contributed by atoms with Crippen molar-refractivity contribution in [1.82, 2.24) is 4.98 Å². The second kappa shape index (κ2) is 7.09. The van der Waals surface area contributed by atoms with Crippen molar-refractivity contribution < 1.29 is 0 Å². The molecule has 0 aliphatic rings. The van der Waals surface area contributed by atoms with E-state index in [4.69, 9.17) is 5.14 Å². The number of hydrogen-bond donors (Lipinski definition) is 1. The second-order valence-corrected chi connectivity index (χ2v) is 5.59. The van der Waals surface area contributed by atoms with E-state index in [1.165, 1.54) is 22.2 Å². The highest BCUT2D eigenvalue weighted by atomic mass is 32.2. The van der Waals surface area contributed by atoms with Crippen LogP contribution in [0.3, 0.4) is 0 Å². The average molecular weight is 286 g/mol. The largest absolute Gasteiger partial charge is 0.272 e. The molecule has 0 unspecified atom stereocenters. The van der Waals surface area contributed by atoms with Gasteiger partial charge in [0.1, 0.15) is 0 Å². The van der Waals surface area contributed by atoms with E-state index in [-0.39, 0.29) is 0 Å². The second-order valence-electron chi connectivity index (χ2n) is 3.68. The Morgan fingerprint density at radius 2 is 1.74 bits per heavy atom. The van der Waals surface area contributed by atoms with Crippen molar-refractivity contribution in [3.05, 3.63) is 66.7 Å². The van der Waals surface area contributed by atoms with Gasteiger partial charge in [0.15, 0.2) is 4.34 Å². The Morgan fingerprint density at radius 1 is 1.05 bits per heavy atom. The molecule has 0 radical (unpaired) electrons. The van der Waals surface area contributed by atoms with E-state index in [1.54, 1.807) is 11.3 Å². The Balaban J connectivity index is 0.000000148. The van der Waals surface area contributed by atoms with Gasteiger partial charge in [0.2, 0.25) is 0 Å². The van der Waals surface area contributed by atoms with Gasteiger partial charge < -0.3 is 0 Å². The molecule has 0 bridgehead atoms. The van der Waals surface area contributed by atoms with E-state index in [0.717, 1.165) is 9.86 Å². The molecular formula is C15H14N2S2. The first kappa shape index (κ1) is 13.8. The Bertz CT molecular complexity index is 614. The normalized spacial score (nSPS) is 9.74. The van der Waals surface area contributed by atoms with Crippen LogP contribution < -0.4 is 5.14 Å². The van der Waals surface area contributed by atoms with E-state index >= 15 is 0 Å². The van der Waals surface area contributed by atoms with Crippen molar-refractivity contribution in [1.29, 1.82) is 0 Å². The Labute approximate surface area is 121 Å². The summed E-state index contributed by atoms with van der Waals surface area (Å²) in [6, 6.07) is 18.1. The quantitative estimate of drug-likeness (QED) is 0.700. The zero-order valence-corrected chi connectivity index (χ0v) is 12.0. The average Bonchev–Trinajstić information content (AvgIpc) is 2.92. The first-order valence-corrected chi connectivity index (χ1v) is 7.43. The first-order chi connectivity index (χ1) is 9.33. The van der Waals surface area contributed by atoms with Gasteiger partial charge in [0.05, 0.1) is 10.2 Å². The van der Waals surface area contributed by atoms with Crippen LogP contribution in [-0.4, -0.2) is 4.98 Å². The molecular weight excluding hydrogens is 272 g/mol. The predicted molar refractivity (Wildman–Crippen MR) is 86.2 cm³/mol. The summed E-state index contributed by atoms with van der Waals surface area (Å²) < 4.78 is 2.12. The highest BCUT2D eigenvalue weighted by Crippen LogP contribution is 2.25. The number of fused-ring (bicyclic) bond motifs is 1. The van der Waals surface area contributed by atoms with Crippen LogP contribution in [0.4, 0.5) is 0 Å². The molecule has 1 aromatic heterocycles.